The van der Waals surface area contributed by atoms with E-state index in [4.69, 9.17) is 4.74 Å². The topological polar surface area (TPSA) is 21.3 Å². The van der Waals surface area contributed by atoms with Crippen LogP contribution in [0.3, 0.4) is 0 Å². The molecule has 28 heavy (non-hydrogen) atoms. The summed E-state index contributed by atoms with van der Waals surface area (Å²) in [5.41, 5.74) is 6.11. The minimum Gasteiger partial charge on any atom is -0.489 e. The molecule has 0 aliphatic heterocycles. The van der Waals surface area contributed by atoms with Crippen molar-refractivity contribution in [3.05, 3.63) is 107 Å². The Hall–Kier alpha value is -3.26. The maximum Gasteiger partial charge on any atom is 0.125 e. The summed E-state index contributed by atoms with van der Waals surface area (Å²) in [7, 11) is 0. The number of nitrogens with one attached hydrogen (secondary N) is 1. The first kappa shape index (κ1) is 18.1. The lowest BCUT2D eigenvalue weighted by molar-refractivity contribution is 0.304. The van der Waals surface area contributed by atoms with E-state index in [9.17, 15) is 0 Å². The van der Waals surface area contributed by atoms with Gasteiger partial charge >= 0.3 is 0 Å². The summed E-state index contributed by atoms with van der Waals surface area (Å²) in [5, 5.41) is 6.08. The van der Waals surface area contributed by atoms with E-state index in [1.54, 1.807) is 0 Å². The highest BCUT2D eigenvalue weighted by Gasteiger charge is 2.10. The van der Waals surface area contributed by atoms with Gasteiger partial charge in [-0.05, 0) is 53.4 Å². The summed E-state index contributed by atoms with van der Waals surface area (Å²) < 4.78 is 6.23. The molecule has 4 aromatic carbocycles. The Morgan fingerprint density at radius 2 is 1.54 bits per heavy atom. The highest BCUT2D eigenvalue weighted by Crippen LogP contribution is 2.30. The Bertz CT molecular complexity index is 1090. The Balaban J connectivity index is 1.64. The Kier molecular flexibility index (Phi) is 5.29. The molecule has 0 aliphatic rings. The fourth-order valence-electron chi connectivity index (χ4n) is 3.50. The van der Waals surface area contributed by atoms with Crippen LogP contribution in [0.4, 0.5) is 5.69 Å². The van der Waals surface area contributed by atoms with Gasteiger partial charge in [-0.1, -0.05) is 72.8 Å². The first-order valence-corrected chi connectivity index (χ1v) is 9.70. The number of hydrogen-bond donors (Lipinski definition) is 1. The summed E-state index contributed by atoms with van der Waals surface area (Å²) in [5.74, 6) is 0.931. The third kappa shape index (κ3) is 3.86. The average Bonchev–Trinajstić information content (AvgIpc) is 2.74. The predicted molar refractivity (Wildman–Crippen MR) is 118 cm³/mol. The molecular formula is C26H25NO. The Morgan fingerprint density at radius 3 is 2.39 bits per heavy atom. The highest BCUT2D eigenvalue weighted by atomic mass is 16.5. The highest BCUT2D eigenvalue weighted by molar-refractivity contribution is 5.88. The number of hydrogen-bond acceptors (Lipinski definition) is 2. The second kappa shape index (κ2) is 8.18. The third-order valence-electron chi connectivity index (χ3n) is 5.30. The molecule has 4 rings (SSSR count). The summed E-state index contributed by atoms with van der Waals surface area (Å²) in [6, 6.07) is 29.4. The van der Waals surface area contributed by atoms with Crippen LogP contribution in [0.2, 0.25) is 0 Å². The summed E-state index contributed by atoms with van der Waals surface area (Å²) in [6.45, 7) is 5.59. The quantitative estimate of drug-likeness (QED) is 0.412. The van der Waals surface area contributed by atoms with E-state index in [0.717, 1.165) is 12.3 Å². The van der Waals surface area contributed by atoms with E-state index >= 15 is 0 Å². The zero-order valence-electron chi connectivity index (χ0n) is 16.4. The second-order valence-electron chi connectivity index (χ2n) is 7.14. The Morgan fingerprint density at radius 1 is 0.750 bits per heavy atom. The predicted octanol–water partition coefficient (Wildman–Crippen LogP) is 6.65. The molecule has 0 unspecified atom stereocenters. The molecule has 0 bridgehead atoms. The molecule has 0 saturated heterocycles. The van der Waals surface area contributed by atoms with E-state index in [2.05, 4.69) is 85.9 Å². The summed E-state index contributed by atoms with van der Waals surface area (Å²) >= 11 is 0. The fourth-order valence-corrected chi connectivity index (χ4v) is 3.50. The second-order valence-corrected chi connectivity index (χ2v) is 7.14. The van der Waals surface area contributed by atoms with E-state index in [-0.39, 0.29) is 0 Å². The van der Waals surface area contributed by atoms with Gasteiger partial charge in [0.25, 0.3) is 0 Å². The summed E-state index contributed by atoms with van der Waals surface area (Å²) in [4.78, 5) is 0. The normalized spacial score (nSPS) is 10.8. The van der Waals surface area contributed by atoms with Crippen LogP contribution in [0.1, 0.15) is 22.3 Å². The summed E-state index contributed by atoms with van der Waals surface area (Å²) in [6.07, 6.45) is 0. The number of fused-ring (bicyclic) bond motifs is 1. The molecule has 1 N–H and O–H groups in total. The lowest BCUT2D eigenvalue weighted by Gasteiger charge is -2.17. The number of benzene rings is 4. The van der Waals surface area contributed by atoms with Crippen LogP contribution in [0.15, 0.2) is 84.9 Å². The number of anilines is 1. The van der Waals surface area contributed by atoms with Gasteiger partial charge in [0.05, 0.1) is 0 Å². The largest absolute Gasteiger partial charge is 0.489 e. The molecule has 0 aromatic heterocycles. The fraction of sp³-hybridized carbons (Fsp3) is 0.154. The number of ether oxygens (including phenoxy) is 1. The SMILES string of the molecule is Cc1cccc(NCc2c(OCc3ccccc3)ccc3ccccc23)c1C. The van der Waals surface area contributed by atoms with E-state index < -0.39 is 0 Å². The van der Waals surface area contributed by atoms with Crippen molar-refractivity contribution in [3.8, 4) is 5.75 Å². The smallest absolute Gasteiger partial charge is 0.125 e. The van der Waals surface area contributed by atoms with Crippen molar-refractivity contribution in [3.63, 3.8) is 0 Å². The molecule has 0 spiro atoms. The molecule has 0 heterocycles. The van der Waals surface area contributed by atoms with Crippen LogP contribution in [-0.4, -0.2) is 0 Å². The van der Waals surface area contributed by atoms with Crippen molar-refractivity contribution in [1.29, 1.82) is 0 Å². The van der Waals surface area contributed by atoms with Crippen molar-refractivity contribution in [1.82, 2.24) is 0 Å². The third-order valence-corrected chi connectivity index (χ3v) is 5.30. The molecule has 0 aliphatic carbocycles. The van der Waals surface area contributed by atoms with Gasteiger partial charge in [-0.2, -0.15) is 0 Å². The molecule has 2 heteroatoms. The molecule has 0 saturated carbocycles. The lowest BCUT2D eigenvalue weighted by Crippen LogP contribution is -2.06. The first-order chi connectivity index (χ1) is 13.7. The van der Waals surface area contributed by atoms with Gasteiger partial charge in [-0.25, -0.2) is 0 Å². The number of aryl methyl sites for hydroxylation is 1. The van der Waals surface area contributed by atoms with Gasteiger partial charge in [-0.15, -0.1) is 0 Å². The molecular weight excluding hydrogens is 342 g/mol. The van der Waals surface area contributed by atoms with Crippen molar-refractivity contribution in [2.24, 2.45) is 0 Å². The monoisotopic (exact) mass is 367 g/mol. The lowest BCUT2D eigenvalue weighted by atomic mass is 10.0. The molecule has 2 nitrogen and oxygen atoms in total. The van der Waals surface area contributed by atoms with Gasteiger partial charge in [0.2, 0.25) is 0 Å². The van der Waals surface area contributed by atoms with Gasteiger partial charge in [0.15, 0.2) is 0 Å². The molecule has 4 aromatic rings. The van der Waals surface area contributed by atoms with E-state index in [1.807, 2.05) is 18.2 Å². The van der Waals surface area contributed by atoms with Crippen LogP contribution >= 0.6 is 0 Å². The van der Waals surface area contributed by atoms with Crippen molar-refractivity contribution >= 4 is 16.5 Å². The van der Waals surface area contributed by atoms with Crippen molar-refractivity contribution in [2.45, 2.75) is 27.0 Å². The van der Waals surface area contributed by atoms with E-state index in [0.29, 0.717) is 6.61 Å². The van der Waals surface area contributed by atoms with Crippen LogP contribution in [0.25, 0.3) is 10.8 Å². The number of rotatable bonds is 6. The van der Waals surface area contributed by atoms with Gasteiger partial charge in [-0.3, -0.25) is 0 Å². The van der Waals surface area contributed by atoms with Crippen LogP contribution in [-0.2, 0) is 13.2 Å². The maximum atomic E-state index is 6.23. The van der Waals surface area contributed by atoms with Gasteiger partial charge < -0.3 is 10.1 Å². The molecule has 0 atom stereocenters. The molecule has 0 fully saturated rings. The average molecular weight is 367 g/mol. The van der Waals surface area contributed by atoms with Gasteiger partial charge in [0, 0.05) is 17.8 Å². The minimum absolute atomic E-state index is 0.565. The van der Waals surface area contributed by atoms with Crippen molar-refractivity contribution < 1.29 is 4.74 Å². The molecule has 140 valence electrons. The molecule has 0 amide bonds. The van der Waals surface area contributed by atoms with Crippen molar-refractivity contribution in [2.75, 3.05) is 5.32 Å². The zero-order valence-corrected chi connectivity index (χ0v) is 16.4. The first-order valence-electron chi connectivity index (χ1n) is 9.70. The maximum absolute atomic E-state index is 6.23. The zero-order chi connectivity index (χ0) is 19.3. The van der Waals surface area contributed by atoms with Crippen LogP contribution in [0.5, 0.6) is 5.75 Å². The van der Waals surface area contributed by atoms with Crippen LogP contribution in [0, 0.1) is 13.8 Å². The standard InChI is InChI=1S/C26H25NO/c1-19-9-8-14-25(20(19)2)27-17-24-23-13-7-6-12-22(23)15-16-26(24)28-18-21-10-4-3-5-11-21/h3-16,27H,17-18H2,1-2H3. The van der Waals surface area contributed by atoms with Crippen LogP contribution < -0.4 is 10.1 Å². The molecule has 0 radical (unpaired) electrons. The van der Waals surface area contributed by atoms with Gasteiger partial charge in [0.1, 0.15) is 12.4 Å². The van der Waals surface area contributed by atoms with E-state index in [1.165, 1.54) is 38.7 Å². The Labute approximate surface area is 166 Å². The minimum atomic E-state index is 0.565.